The molecule has 1 nitrogen and oxygen atoms in total. The summed E-state index contributed by atoms with van der Waals surface area (Å²) in [6.45, 7) is 11.6. The first kappa shape index (κ1) is 23.2. The predicted molar refractivity (Wildman–Crippen MR) is 137 cm³/mol. The molecule has 0 saturated carbocycles. The molecule has 0 saturated heterocycles. The lowest BCUT2D eigenvalue weighted by atomic mass is 10.0. The molecule has 0 aliphatic rings. The summed E-state index contributed by atoms with van der Waals surface area (Å²) in [4.78, 5) is 0. The maximum atomic E-state index is 11.4. The van der Waals surface area contributed by atoms with Gasteiger partial charge in [-0.3, -0.25) is 0 Å². The van der Waals surface area contributed by atoms with Gasteiger partial charge in [-0.1, -0.05) is 134 Å². The number of aliphatic hydroxyl groups is 1. The molecular formula is C29H36OSi. The molecule has 3 aromatic carbocycles. The Morgan fingerprint density at radius 2 is 1.23 bits per heavy atom. The molecule has 0 bridgehead atoms. The lowest BCUT2D eigenvalue weighted by Crippen LogP contribution is -2.67. The van der Waals surface area contributed by atoms with E-state index in [9.17, 15) is 5.11 Å². The van der Waals surface area contributed by atoms with Crippen LogP contribution in [0.3, 0.4) is 0 Å². The fourth-order valence-electron chi connectivity index (χ4n) is 5.30. The molecule has 3 aromatic rings. The van der Waals surface area contributed by atoms with Crippen molar-refractivity contribution in [1.29, 1.82) is 0 Å². The third kappa shape index (κ3) is 4.61. The van der Waals surface area contributed by atoms with E-state index in [2.05, 4.69) is 101 Å². The average molecular weight is 429 g/mol. The van der Waals surface area contributed by atoms with Crippen LogP contribution < -0.4 is 10.4 Å². The van der Waals surface area contributed by atoms with Crippen LogP contribution in [0.2, 0.25) is 10.6 Å². The van der Waals surface area contributed by atoms with Crippen molar-refractivity contribution in [2.24, 2.45) is 0 Å². The molecule has 0 aliphatic carbocycles. The normalized spacial score (nSPS) is 14.8. The van der Waals surface area contributed by atoms with E-state index >= 15 is 0 Å². The summed E-state index contributed by atoms with van der Waals surface area (Å²) in [6.07, 6.45) is 2.47. The van der Waals surface area contributed by atoms with Crippen molar-refractivity contribution in [2.45, 2.75) is 57.7 Å². The molecule has 31 heavy (non-hydrogen) atoms. The molecule has 0 heterocycles. The third-order valence-electron chi connectivity index (χ3n) is 6.81. The Labute approximate surface area is 189 Å². The van der Waals surface area contributed by atoms with Gasteiger partial charge in [-0.25, -0.2) is 0 Å². The highest BCUT2D eigenvalue weighted by atomic mass is 28.3. The second-order valence-corrected chi connectivity index (χ2v) is 14.5. The summed E-state index contributed by atoms with van der Waals surface area (Å²) < 4.78 is 0. The molecule has 0 unspecified atom stereocenters. The van der Waals surface area contributed by atoms with E-state index in [1.807, 2.05) is 30.3 Å². The minimum atomic E-state index is -2.39. The summed E-state index contributed by atoms with van der Waals surface area (Å²) in [5.41, 5.74) is 2.62. The van der Waals surface area contributed by atoms with Crippen LogP contribution in [-0.4, -0.2) is 13.2 Å². The Hall–Kier alpha value is -2.42. The molecular weight excluding hydrogens is 392 g/mol. The quantitative estimate of drug-likeness (QED) is 0.336. The van der Waals surface area contributed by atoms with Crippen molar-refractivity contribution >= 4 is 18.4 Å². The molecule has 2 atom stereocenters. The van der Waals surface area contributed by atoms with Crippen molar-refractivity contribution < 1.29 is 5.11 Å². The summed E-state index contributed by atoms with van der Waals surface area (Å²) in [5.74, 6) is 0. The molecule has 0 amide bonds. The summed E-state index contributed by atoms with van der Waals surface area (Å²) in [7, 11) is -2.39. The van der Waals surface area contributed by atoms with E-state index in [1.165, 1.54) is 15.9 Å². The van der Waals surface area contributed by atoms with Crippen molar-refractivity contribution in [3.8, 4) is 0 Å². The van der Waals surface area contributed by atoms with Crippen molar-refractivity contribution in [1.82, 2.24) is 0 Å². The largest absolute Gasteiger partial charge is 0.388 e. The fraction of sp³-hybridized carbons (Fsp3) is 0.310. The highest BCUT2D eigenvalue weighted by Gasteiger charge is 2.53. The monoisotopic (exact) mass is 428 g/mol. The first-order valence-electron chi connectivity index (χ1n) is 11.3. The molecule has 162 valence electrons. The van der Waals surface area contributed by atoms with Crippen LogP contribution in [0.1, 0.15) is 52.7 Å². The zero-order chi connectivity index (χ0) is 22.5. The second-order valence-electron chi connectivity index (χ2n) is 9.54. The smallest absolute Gasteiger partial charge is 0.130 e. The van der Waals surface area contributed by atoms with Crippen LogP contribution in [0.25, 0.3) is 0 Å². The summed E-state index contributed by atoms with van der Waals surface area (Å²) in [5, 5.41) is 14.3. The van der Waals surface area contributed by atoms with Gasteiger partial charge < -0.3 is 5.11 Å². The zero-order valence-electron chi connectivity index (χ0n) is 19.5. The SMILES string of the molecule is C/C=C(\C)[C@H](C[C@@H](O)c1ccccc1)[Si](c1ccccc1)(c1ccccc1)C(C)(C)C. The molecule has 0 aliphatic heterocycles. The Bertz CT molecular complexity index is 932. The summed E-state index contributed by atoms with van der Waals surface area (Å²) in [6, 6.07) is 32.3. The van der Waals surface area contributed by atoms with Crippen LogP contribution in [0.4, 0.5) is 0 Å². The van der Waals surface area contributed by atoms with Gasteiger partial charge in [-0.15, -0.1) is 0 Å². The van der Waals surface area contributed by atoms with Crippen LogP contribution in [0.5, 0.6) is 0 Å². The molecule has 0 radical (unpaired) electrons. The molecule has 1 N–H and O–H groups in total. The molecule has 0 spiro atoms. The number of benzene rings is 3. The molecule has 0 fully saturated rings. The van der Waals surface area contributed by atoms with Gasteiger partial charge in [0.1, 0.15) is 8.07 Å². The van der Waals surface area contributed by atoms with Crippen LogP contribution in [-0.2, 0) is 0 Å². The standard InChI is InChI=1S/C29H36OSi/c1-6-23(2)28(22-27(30)24-16-10-7-11-17-24)31(29(3,4)5,25-18-12-8-13-19-25)26-20-14-9-15-21-26/h6-21,27-28,30H,22H2,1-5H3/b23-6+/t27-,28+/m1/s1. The van der Waals surface area contributed by atoms with Crippen LogP contribution in [0, 0.1) is 0 Å². The lowest BCUT2D eigenvalue weighted by molar-refractivity contribution is 0.167. The van der Waals surface area contributed by atoms with Gasteiger partial charge in [0.05, 0.1) is 6.10 Å². The van der Waals surface area contributed by atoms with Crippen molar-refractivity contribution in [3.05, 3.63) is 108 Å². The minimum absolute atomic E-state index is 0.0427. The number of allylic oxidation sites excluding steroid dienone is 2. The van der Waals surface area contributed by atoms with Gasteiger partial charge >= 0.3 is 0 Å². The third-order valence-corrected chi connectivity index (χ3v) is 13.4. The number of hydrogen-bond acceptors (Lipinski definition) is 1. The molecule has 0 aromatic heterocycles. The zero-order valence-corrected chi connectivity index (χ0v) is 20.5. The van der Waals surface area contributed by atoms with E-state index in [0.717, 1.165) is 5.56 Å². The number of aliphatic hydroxyl groups excluding tert-OH is 1. The maximum absolute atomic E-state index is 11.4. The molecule has 3 rings (SSSR count). The van der Waals surface area contributed by atoms with Crippen molar-refractivity contribution in [2.75, 3.05) is 0 Å². The minimum Gasteiger partial charge on any atom is -0.388 e. The first-order chi connectivity index (χ1) is 14.8. The van der Waals surface area contributed by atoms with Crippen LogP contribution in [0.15, 0.2) is 103 Å². The first-order valence-corrected chi connectivity index (χ1v) is 13.4. The fourth-order valence-corrected chi connectivity index (χ4v) is 12.1. The van der Waals surface area contributed by atoms with E-state index in [1.54, 1.807) is 0 Å². The van der Waals surface area contributed by atoms with Gasteiger partial charge in [-0.2, -0.15) is 0 Å². The van der Waals surface area contributed by atoms with Gasteiger partial charge in [0.2, 0.25) is 0 Å². The number of rotatable bonds is 7. The molecule has 2 heteroatoms. The Balaban J connectivity index is 2.28. The lowest BCUT2D eigenvalue weighted by Gasteiger charge is -2.50. The van der Waals surface area contributed by atoms with E-state index in [4.69, 9.17) is 0 Å². The van der Waals surface area contributed by atoms with Crippen LogP contribution >= 0.6 is 0 Å². The highest BCUT2D eigenvalue weighted by Crippen LogP contribution is 2.49. The van der Waals surface area contributed by atoms with E-state index in [-0.39, 0.29) is 10.6 Å². The predicted octanol–water partition coefficient (Wildman–Crippen LogP) is 6.51. The average Bonchev–Trinajstić information content (AvgIpc) is 2.79. The van der Waals surface area contributed by atoms with E-state index < -0.39 is 14.2 Å². The Morgan fingerprint density at radius 1 is 0.806 bits per heavy atom. The van der Waals surface area contributed by atoms with E-state index in [0.29, 0.717) is 6.42 Å². The van der Waals surface area contributed by atoms with Gasteiger partial charge in [-0.05, 0) is 36.4 Å². The van der Waals surface area contributed by atoms with Gasteiger partial charge in [0, 0.05) is 0 Å². The van der Waals surface area contributed by atoms with Gasteiger partial charge in [0.25, 0.3) is 0 Å². The topological polar surface area (TPSA) is 20.2 Å². The Kier molecular flexibility index (Phi) is 7.35. The summed E-state index contributed by atoms with van der Waals surface area (Å²) >= 11 is 0. The Morgan fingerprint density at radius 3 is 1.61 bits per heavy atom. The van der Waals surface area contributed by atoms with Gasteiger partial charge in [0.15, 0.2) is 0 Å². The number of hydrogen-bond donors (Lipinski definition) is 1. The van der Waals surface area contributed by atoms with Crippen molar-refractivity contribution in [3.63, 3.8) is 0 Å². The highest BCUT2D eigenvalue weighted by molar-refractivity contribution is 7.05. The maximum Gasteiger partial charge on any atom is 0.130 e. The second kappa shape index (κ2) is 9.80.